The zero-order chi connectivity index (χ0) is 15.4. The van der Waals surface area contributed by atoms with Gasteiger partial charge in [0, 0.05) is 17.8 Å². The van der Waals surface area contributed by atoms with Crippen LogP contribution >= 0.6 is 0 Å². The minimum atomic E-state index is -1.66. The van der Waals surface area contributed by atoms with Gasteiger partial charge in [0.1, 0.15) is 11.6 Å². The maximum absolute atomic E-state index is 13.6. The van der Waals surface area contributed by atoms with Gasteiger partial charge in [-0.2, -0.15) is 0 Å². The van der Waals surface area contributed by atoms with Gasteiger partial charge in [0.2, 0.25) is 0 Å². The molecular weight excluding hydrogens is 277 g/mol. The maximum Gasteiger partial charge on any atom is 0.376 e. The van der Waals surface area contributed by atoms with Crippen molar-refractivity contribution < 1.29 is 24.2 Å². The number of carbonyl (C=O) groups excluding carboxylic acids is 1. The predicted molar refractivity (Wildman–Crippen MR) is 73.2 cm³/mol. The van der Waals surface area contributed by atoms with Gasteiger partial charge in [0.25, 0.3) is 5.78 Å². The van der Waals surface area contributed by atoms with E-state index in [-0.39, 0.29) is 18.1 Å². The van der Waals surface area contributed by atoms with E-state index in [4.69, 9.17) is 5.11 Å². The van der Waals surface area contributed by atoms with E-state index in [1.54, 1.807) is 30.5 Å². The lowest BCUT2D eigenvalue weighted by Crippen LogP contribution is -2.11. The molecule has 5 nitrogen and oxygen atoms in total. The van der Waals surface area contributed by atoms with Crippen molar-refractivity contribution >= 4 is 17.5 Å². The number of ketones is 1. The van der Waals surface area contributed by atoms with Gasteiger partial charge in [-0.25, -0.2) is 9.18 Å². The van der Waals surface area contributed by atoms with E-state index in [9.17, 15) is 19.1 Å². The SMILES string of the molecule is O=C(O)C(=O)C=C(O)c1cccn1Cc1ccccc1F. The van der Waals surface area contributed by atoms with Crippen LogP contribution in [-0.2, 0) is 16.1 Å². The molecule has 0 bridgehead atoms. The Bertz CT molecular complexity index is 718. The zero-order valence-electron chi connectivity index (χ0n) is 10.9. The molecule has 0 amide bonds. The molecule has 0 saturated heterocycles. The zero-order valence-corrected chi connectivity index (χ0v) is 10.9. The maximum atomic E-state index is 13.6. The molecule has 0 radical (unpaired) electrons. The van der Waals surface area contributed by atoms with E-state index in [2.05, 4.69) is 0 Å². The summed E-state index contributed by atoms with van der Waals surface area (Å²) < 4.78 is 15.1. The van der Waals surface area contributed by atoms with E-state index in [1.807, 2.05) is 0 Å². The summed E-state index contributed by atoms with van der Waals surface area (Å²) >= 11 is 0. The monoisotopic (exact) mass is 289 g/mol. The molecule has 1 heterocycles. The Morgan fingerprint density at radius 2 is 1.86 bits per heavy atom. The van der Waals surface area contributed by atoms with Crippen molar-refractivity contribution in [1.82, 2.24) is 4.57 Å². The predicted octanol–water partition coefficient (Wildman–Crippen LogP) is 2.23. The number of carbonyl (C=O) groups is 2. The summed E-state index contributed by atoms with van der Waals surface area (Å²) in [4.78, 5) is 21.5. The molecular formula is C15H12FNO4. The fourth-order valence-electron chi connectivity index (χ4n) is 1.85. The number of carboxylic acids is 1. The summed E-state index contributed by atoms with van der Waals surface area (Å²) in [5.41, 5.74) is 0.639. The number of aromatic nitrogens is 1. The number of nitrogens with zero attached hydrogens (tertiary/aromatic N) is 1. The second kappa shape index (κ2) is 6.04. The van der Waals surface area contributed by atoms with Crippen LogP contribution in [0.25, 0.3) is 5.76 Å². The minimum Gasteiger partial charge on any atom is -0.506 e. The number of aliphatic hydroxyl groups is 1. The van der Waals surface area contributed by atoms with E-state index >= 15 is 0 Å². The van der Waals surface area contributed by atoms with Gasteiger partial charge in [0.05, 0.1) is 12.2 Å². The smallest absolute Gasteiger partial charge is 0.376 e. The summed E-state index contributed by atoms with van der Waals surface area (Å²) in [6.45, 7) is 0.147. The molecule has 0 saturated carbocycles. The average molecular weight is 289 g/mol. The second-order valence-electron chi connectivity index (χ2n) is 4.31. The molecule has 0 unspecified atom stereocenters. The first kappa shape index (κ1) is 14.5. The number of hydrogen-bond donors (Lipinski definition) is 2. The van der Waals surface area contributed by atoms with Crippen LogP contribution in [-0.4, -0.2) is 26.5 Å². The molecule has 2 rings (SSSR count). The lowest BCUT2D eigenvalue weighted by Gasteiger charge is -2.09. The van der Waals surface area contributed by atoms with E-state index < -0.39 is 17.5 Å². The quantitative estimate of drug-likeness (QED) is 0.502. The topological polar surface area (TPSA) is 79.5 Å². The summed E-state index contributed by atoms with van der Waals surface area (Å²) in [5.74, 6) is -3.76. The summed E-state index contributed by atoms with van der Waals surface area (Å²) in [7, 11) is 0. The Morgan fingerprint density at radius 1 is 1.14 bits per heavy atom. The van der Waals surface area contributed by atoms with Gasteiger partial charge in [0.15, 0.2) is 0 Å². The third kappa shape index (κ3) is 3.36. The number of hydrogen-bond acceptors (Lipinski definition) is 3. The van der Waals surface area contributed by atoms with Crippen LogP contribution in [0.15, 0.2) is 48.7 Å². The highest BCUT2D eigenvalue weighted by Gasteiger charge is 2.13. The molecule has 0 aliphatic carbocycles. The van der Waals surface area contributed by atoms with E-state index in [0.29, 0.717) is 11.6 Å². The Kier molecular flexibility index (Phi) is 4.18. The first-order valence-corrected chi connectivity index (χ1v) is 6.06. The Balaban J connectivity index is 2.29. The summed E-state index contributed by atoms with van der Waals surface area (Å²) in [6, 6.07) is 9.28. The highest BCUT2D eigenvalue weighted by molar-refractivity contribution is 6.38. The highest BCUT2D eigenvalue weighted by atomic mass is 19.1. The highest BCUT2D eigenvalue weighted by Crippen LogP contribution is 2.16. The number of rotatable bonds is 5. The summed E-state index contributed by atoms with van der Waals surface area (Å²) in [6.07, 6.45) is 2.21. The van der Waals surface area contributed by atoms with Gasteiger partial charge in [-0.3, -0.25) is 4.79 Å². The van der Waals surface area contributed by atoms with Crippen molar-refractivity contribution in [2.45, 2.75) is 6.54 Å². The lowest BCUT2D eigenvalue weighted by molar-refractivity contribution is -0.146. The van der Waals surface area contributed by atoms with Crippen molar-refractivity contribution in [2.75, 3.05) is 0 Å². The molecule has 1 aromatic carbocycles. The number of benzene rings is 1. The molecule has 0 aliphatic rings. The van der Waals surface area contributed by atoms with E-state index in [1.165, 1.54) is 16.7 Å². The Morgan fingerprint density at radius 3 is 2.52 bits per heavy atom. The fraction of sp³-hybridized carbons (Fsp3) is 0.0667. The molecule has 0 spiro atoms. The molecule has 6 heteroatoms. The largest absolute Gasteiger partial charge is 0.506 e. The van der Waals surface area contributed by atoms with Crippen LogP contribution in [0.3, 0.4) is 0 Å². The van der Waals surface area contributed by atoms with Gasteiger partial charge in [-0.05, 0) is 18.2 Å². The molecule has 108 valence electrons. The van der Waals surface area contributed by atoms with Crippen LogP contribution in [0.5, 0.6) is 0 Å². The van der Waals surface area contributed by atoms with Crippen LogP contribution in [0.2, 0.25) is 0 Å². The number of aliphatic carboxylic acids is 1. The molecule has 1 aromatic heterocycles. The summed E-state index contributed by atoms with van der Waals surface area (Å²) in [5, 5.41) is 18.3. The number of aliphatic hydroxyl groups excluding tert-OH is 1. The lowest BCUT2D eigenvalue weighted by atomic mass is 10.2. The van der Waals surface area contributed by atoms with Gasteiger partial charge in [-0.1, -0.05) is 18.2 Å². The van der Waals surface area contributed by atoms with Crippen molar-refractivity contribution in [3.63, 3.8) is 0 Å². The van der Waals surface area contributed by atoms with Gasteiger partial charge >= 0.3 is 5.97 Å². The molecule has 21 heavy (non-hydrogen) atoms. The van der Waals surface area contributed by atoms with Crippen molar-refractivity contribution in [3.8, 4) is 0 Å². The first-order valence-electron chi connectivity index (χ1n) is 6.06. The Labute approximate surface area is 119 Å². The normalized spacial score (nSPS) is 11.4. The minimum absolute atomic E-state index is 0.147. The molecule has 0 aliphatic heterocycles. The first-order chi connectivity index (χ1) is 9.99. The molecule has 2 N–H and O–H groups in total. The van der Waals surface area contributed by atoms with Crippen molar-refractivity contribution in [3.05, 3.63) is 65.7 Å². The third-order valence-electron chi connectivity index (χ3n) is 2.87. The average Bonchev–Trinajstić information content (AvgIpc) is 2.89. The van der Waals surface area contributed by atoms with Gasteiger partial charge in [-0.15, -0.1) is 0 Å². The molecule has 0 atom stereocenters. The second-order valence-corrected chi connectivity index (χ2v) is 4.31. The Hall–Kier alpha value is -2.89. The van der Waals surface area contributed by atoms with Gasteiger partial charge < -0.3 is 14.8 Å². The van der Waals surface area contributed by atoms with Crippen LogP contribution in [0.1, 0.15) is 11.3 Å². The number of carboxylic acid groups (broad SMARTS) is 1. The third-order valence-corrected chi connectivity index (χ3v) is 2.87. The van der Waals surface area contributed by atoms with Crippen LogP contribution in [0.4, 0.5) is 4.39 Å². The fourth-order valence-corrected chi connectivity index (χ4v) is 1.85. The van der Waals surface area contributed by atoms with Crippen LogP contribution in [0, 0.1) is 5.82 Å². The standard InChI is InChI=1S/C15H12FNO4/c16-11-5-2-1-4-10(11)9-17-7-3-6-12(17)13(18)8-14(19)15(20)21/h1-8,18H,9H2,(H,20,21). The van der Waals surface area contributed by atoms with Crippen molar-refractivity contribution in [2.24, 2.45) is 0 Å². The van der Waals surface area contributed by atoms with Crippen LogP contribution < -0.4 is 0 Å². The van der Waals surface area contributed by atoms with E-state index in [0.717, 1.165) is 0 Å². The number of halogens is 1. The molecule has 2 aromatic rings. The molecule has 0 fully saturated rings. The van der Waals surface area contributed by atoms with Crippen molar-refractivity contribution in [1.29, 1.82) is 0 Å².